The van der Waals surface area contributed by atoms with Crippen molar-refractivity contribution >= 4 is 10.9 Å². The number of rotatable bonds is 3. The van der Waals surface area contributed by atoms with Crippen molar-refractivity contribution in [3.63, 3.8) is 0 Å². The lowest BCUT2D eigenvalue weighted by Crippen LogP contribution is -2.22. The van der Waals surface area contributed by atoms with Gasteiger partial charge in [-0.25, -0.2) is 0 Å². The van der Waals surface area contributed by atoms with Gasteiger partial charge in [-0.05, 0) is 37.8 Å². The molecule has 4 nitrogen and oxygen atoms in total. The van der Waals surface area contributed by atoms with Gasteiger partial charge in [-0.1, -0.05) is 18.6 Å². The standard InChI is InChI=1S/C15H15F3N2O2/c16-15(17,18)22-13-11-8-4-5-9-12(11)19-14(20-13)21-10-6-2-1-3-7-10/h4-5,8-10H,1-3,6-7H2. The minimum Gasteiger partial charge on any atom is -0.460 e. The first-order chi connectivity index (χ1) is 10.5. The largest absolute Gasteiger partial charge is 0.574 e. The van der Waals surface area contributed by atoms with Gasteiger partial charge in [0.05, 0.1) is 10.9 Å². The predicted octanol–water partition coefficient (Wildman–Crippen LogP) is 4.24. The van der Waals surface area contributed by atoms with Crippen molar-refractivity contribution in [1.82, 2.24) is 9.97 Å². The average Bonchev–Trinajstić information content (AvgIpc) is 2.47. The molecule has 1 aliphatic rings. The molecule has 0 bridgehead atoms. The third-order valence-electron chi connectivity index (χ3n) is 3.58. The summed E-state index contributed by atoms with van der Waals surface area (Å²) in [6, 6.07) is 6.33. The molecule has 0 spiro atoms. The van der Waals surface area contributed by atoms with Gasteiger partial charge in [-0.15, -0.1) is 13.2 Å². The molecular weight excluding hydrogens is 297 g/mol. The smallest absolute Gasteiger partial charge is 0.460 e. The van der Waals surface area contributed by atoms with Crippen LogP contribution in [-0.4, -0.2) is 22.4 Å². The van der Waals surface area contributed by atoms with Crippen molar-refractivity contribution in [2.45, 2.75) is 44.6 Å². The zero-order valence-corrected chi connectivity index (χ0v) is 11.8. The maximum atomic E-state index is 12.5. The van der Waals surface area contributed by atoms with Crippen LogP contribution in [0.3, 0.4) is 0 Å². The Morgan fingerprint density at radius 2 is 1.73 bits per heavy atom. The monoisotopic (exact) mass is 312 g/mol. The van der Waals surface area contributed by atoms with Crippen LogP contribution in [-0.2, 0) is 0 Å². The highest BCUT2D eigenvalue weighted by molar-refractivity contribution is 5.83. The highest BCUT2D eigenvalue weighted by atomic mass is 19.4. The molecule has 1 saturated carbocycles. The van der Waals surface area contributed by atoms with Crippen LogP contribution in [0, 0.1) is 0 Å². The Labute approximate surface area is 125 Å². The zero-order valence-electron chi connectivity index (χ0n) is 11.8. The summed E-state index contributed by atoms with van der Waals surface area (Å²) in [5, 5.41) is 0.204. The van der Waals surface area contributed by atoms with Crippen LogP contribution in [0.2, 0.25) is 0 Å². The Morgan fingerprint density at radius 1 is 1.00 bits per heavy atom. The van der Waals surface area contributed by atoms with E-state index >= 15 is 0 Å². The molecule has 0 atom stereocenters. The van der Waals surface area contributed by atoms with Gasteiger partial charge in [0.25, 0.3) is 0 Å². The zero-order chi connectivity index (χ0) is 15.6. The number of ether oxygens (including phenoxy) is 2. The summed E-state index contributed by atoms with van der Waals surface area (Å²) in [5.41, 5.74) is 0.363. The number of alkyl halides is 3. The molecular formula is C15H15F3N2O2. The number of nitrogens with zero attached hydrogens (tertiary/aromatic N) is 2. The van der Waals surface area contributed by atoms with Gasteiger partial charge in [0.15, 0.2) is 0 Å². The quantitative estimate of drug-likeness (QED) is 0.850. The average molecular weight is 312 g/mol. The van der Waals surface area contributed by atoms with Crippen LogP contribution in [0.4, 0.5) is 13.2 Å². The van der Waals surface area contributed by atoms with Crippen molar-refractivity contribution in [1.29, 1.82) is 0 Å². The molecule has 0 aliphatic heterocycles. The summed E-state index contributed by atoms with van der Waals surface area (Å²) in [5.74, 6) is -0.524. The molecule has 0 radical (unpaired) electrons. The summed E-state index contributed by atoms with van der Waals surface area (Å²) in [7, 11) is 0. The summed E-state index contributed by atoms with van der Waals surface area (Å²) in [6.45, 7) is 0. The molecule has 1 aromatic heterocycles. The van der Waals surface area contributed by atoms with Gasteiger partial charge in [0, 0.05) is 0 Å². The molecule has 1 aliphatic carbocycles. The van der Waals surface area contributed by atoms with E-state index in [1.165, 1.54) is 6.07 Å². The van der Waals surface area contributed by atoms with Crippen LogP contribution < -0.4 is 9.47 Å². The highest BCUT2D eigenvalue weighted by Gasteiger charge is 2.33. The van der Waals surface area contributed by atoms with Crippen molar-refractivity contribution in [2.75, 3.05) is 0 Å². The molecule has 0 N–H and O–H groups in total. The molecule has 0 unspecified atom stereocenters. The lowest BCUT2D eigenvalue weighted by molar-refractivity contribution is -0.275. The number of benzene rings is 1. The maximum absolute atomic E-state index is 12.5. The first kappa shape index (κ1) is 14.9. The number of halogens is 3. The van der Waals surface area contributed by atoms with E-state index in [2.05, 4.69) is 14.7 Å². The second-order valence-electron chi connectivity index (χ2n) is 5.25. The number of hydrogen-bond acceptors (Lipinski definition) is 4. The number of fused-ring (bicyclic) bond motifs is 1. The van der Waals surface area contributed by atoms with Gasteiger partial charge < -0.3 is 9.47 Å². The second-order valence-corrected chi connectivity index (χ2v) is 5.25. The van der Waals surface area contributed by atoms with Crippen molar-refractivity contribution < 1.29 is 22.6 Å². The summed E-state index contributed by atoms with van der Waals surface area (Å²) >= 11 is 0. The van der Waals surface area contributed by atoms with Crippen LogP contribution >= 0.6 is 0 Å². The Hall–Kier alpha value is -2.05. The molecule has 0 saturated heterocycles. The van der Waals surface area contributed by atoms with E-state index in [1.54, 1.807) is 18.2 Å². The Morgan fingerprint density at radius 3 is 2.45 bits per heavy atom. The first-order valence-corrected chi connectivity index (χ1v) is 7.20. The number of para-hydroxylation sites is 1. The van der Waals surface area contributed by atoms with Crippen LogP contribution in [0.5, 0.6) is 11.9 Å². The van der Waals surface area contributed by atoms with E-state index in [0.29, 0.717) is 5.52 Å². The van der Waals surface area contributed by atoms with Crippen molar-refractivity contribution in [3.05, 3.63) is 24.3 Å². The summed E-state index contributed by atoms with van der Waals surface area (Å²) in [6.07, 6.45) is 0.125. The van der Waals surface area contributed by atoms with Gasteiger partial charge >= 0.3 is 12.4 Å². The third-order valence-corrected chi connectivity index (χ3v) is 3.58. The van der Waals surface area contributed by atoms with E-state index in [1.807, 2.05) is 0 Å². The number of hydrogen-bond donors (Lipinski definition) is 0. The molecule has 7 heteroatoms. The minimum atomic E-state index is -4.81. The predicted molar refractivity (Wildman–Crippen MR) is 73.7 cm³/mol. The fourth-order valence-corrected chi connectivity index (χ4v) is 2.60. The third kappa shape index (κ3) is 3.58. The fourth-order valence-electron chi connectivity index (χ4n) is 2.60. The lowest BCUT2D eigenvalue weighted by Gasteiger charge is -2.22. The summed E-state index contributed by atoms with van der Waals surface area (Å²) in [4.78, 5) is 7.98. The Bertz CT molecular complexity index is 655. The van der Waals surface area contributed by atoms with Crippen LogP contribution in [0.1, 0.15) is 32.1 Å². The molecule has 118 valence electrons. The molecule has 1 fully saturated rings. The van der Waals surface area contributed by atoms with Gasteiger partial charge in [0.2, 0.25) is 5.88 Å². The SMILES string of the molecule is FC(F)(F)Oc1nc(OC2CCCCC2)nc2ccccc12. The van der Waals surface area contributed by atoms with Crippen molar-refractivity contribution in [2.24, 2.45) is 0 Å². The van der Waals surface area contributed by atoms with Gasteiger partial charge in [0.1, 0.15) is 6.10 Å². The van der Waals surface area contributed by atoms with E-state index < -0.39 is 12.2 Å². The maximum Gasteiger partial charge on any atom is 0.574 e. The van der Waals surface area contributed by atoms with E-state index in [-0.39, 0.29) is 17.5 Å². The molecule has 2 aromatic rings. The molecule has 1 heterocycles. The van der Waals surface area contributed by atoms with Crippen molar-refractivity contribution in [3.8, 4) is 11.9 Å². The normalized spacial score (nSPS) is 16.7. The second kappa shape index (κ2) is 5.98. The molecule has 22 heavy (non-hydrogen) atoms. The van der Waals surface area contributed by atoms with Crippen LogP contribution in [0.15, 0.2) is 24.3 Å². The highest BCUT2D eigenvalue weighted by Crippen LogP contribution is 2.30. The van der Waals surface area contributed by atoms with E-state index in [9.17, 15) is 13.2 Å². The molecule has 0 amide bonds. The number of aromatic nitrogens is 2. The van der Waals surface area contributed by atoms with E-state index in [0.717, 1.165) is 32.1 Å². The van der Waals surface area contributed by atoms with Gasteiger partial charge in [-0.2, -0.15) is 9.97 Å². The lowest BCUT2D eigenvalue weighted by atomic mass is 9.98. The molecule has 1 aromatic carbocycles. The van der Waals surface area contributed by atoms with Gasteiger partial charge in [-0.3, -0.25) is 0 Å². The minimum absolute atomic E-state index is 0.0475. The topological polar surface area (TPSA) is 44.2 Å². The van der Waals surface area contributed by atoms with E-state index in [4.69, 9.17) is 4.74 Å². The van der Waals surface area contributed by atoms with Crippen LogP contribution in [0.25, 0.3) is 10.9 Å². The Balaban J connectivity index is 1.93. The summed E-state index contributed by atoms with van der Waals surface area (Å²) < 4.78 is 47.3. The first-order valence-electron chi connectivity index (χ1n) is 7.20. The fraction of sp³-hybridized carbons (Fsp3) is 0.467. The Kier molecular flexibility index (Phi) is 4.04. The molecule has 3 rings (SSSR count).